The van der Waals surface area contributed by atoms with Crippen molar-refractivity contribution >= 4 is 44.9 Å². The Balaban J connectivity index is 2.81. The summed E-state index contributed by atoms with van der Waals surface area (Å²) < 4.78 is 0. The highest BCUT2D eigenvalue weighted by Crippen LogP contribution is 2.27. The van der Waals surface area contributed by atoms with Crippen molar-refractivity contribution in [3.05, 3.63) is 33.3 Å². The van der Waals surface area contributed by atoms with Gasteiger partial charge in [0.25, 0.3) is 0 Å². The summed E-state index contributed by atoms with van der Waals surface area (Å²) in [5, 5.41) is 1.35. The van der Waals surface area contributed by atoms with Crippen molar-refractivity contribution in [1.82, 2.24) is 0 Å². The molecule has 4 heteroatoms. The second-order valence-electron chi connectivity index (χ2n) is 4.08. The first-order chi connectivity index (χ1) is 7.95. The summed E-state index contributed by atoms with van der Waals surface area (Å²) >= 11 is 15.6. The van der Waals surface area contributed by atoms with Crippen LogP contribution in [0.2, 0.25) is 10.0 Å². The zero-order chi connectivity index (χ0) is 13.0. The molecule has 0 aliphatic carbocycles. The fourth-order valence-electron chi connectivity index (χ4n) is 1.55. The average molecular weight is 338 g/mol. The lowest BCUT2D eigenvalue weighted by Gasteiger charge is -2.11. The van der Waals surface area contributed by atoms with Gasteiger partial charge in [0.2, 0.25) is 0 Å². The first kappa shape index (κ1) is 15.0. The van der Waals surface area contributed by atoms with Gasteiger partial charge in [-0.2, -0.15) is 0 Å². The van der Waals surface area contributed by atoms with Gasteiger partial charge in [0.1, 0.15) is 5.78 Å². The molecule has 17 heavy (non-hydrogen) atoms. The third-order valence-electron chi connectivity index (χ3n) is 2.57. The zero-order valence-corrected chi connectivity index (χ0v) is 13.0. The van der Waals surface area contributed by atoms with E-state index in [1.54, 1.807) is 0 Å². The molecule has 0 N–H and O–H groups in total. The van der Waals surface area contributed by atoms with Crippen LogP contribution in [0.3, 0.4) is 0 Å². The van der Waals surface area contributed by atoms with Crippen LogP contribution in [0, 0.1) is 6.92 Å². The predicted octanol–water partition coefficient (Wildman–Crippen LogP) is 4.98. The minimum atomic E-state index is -0.182. The lowest BCUT2D eigenvalue weighted by molar-refractivity contribution is -0.118. The SMILES string of the molecule is CCCC(=O)C(Br)Cc1cc(Cl)c(C)cc1Cl. The average Bonchev–Trinajstić information content (AvgIpc) is 2.26. The van der Waals surface area contributed by atoms with E-state index in [9.17, 15) is 4.79 Å². The van der Waals surface area contributed by atoms with E-state index in [0.29, 0.717) is 22.9 Å². The Hall–Kier alpha value is -0.0500. The number of carbonyl (C=O) groups is 1. The number of alkyl halides is 1. The highest BCUT2D eigenvalue weighted by molar-refractivity contribution is 9.10. The summed E-state index contributed by atoms with van der Waals surface area (Å²) in [5.74, 6) is 0.209. The van der Waals surface area contributed by atoms with Crippen LogP contribution in [0.25, 0.3) is 0 Å². The van der Waals surface area contributed by atoms with Gasteiger partial charge in [-0.3, -0.25) is 4.79 Å². The lowest BCUT2D eigenvalue weighted by atomic mass is 10.0. The molecule has 94 valence electrons. The molecular formula is C13H15BrCl2O. The minimum Gasteiger partial charge on any atom is -0.298 e. The fourth-order valence-corrected chi connectivity index (χ4v) is 2.61. The Bertz CT molecular complexity index is 418. The smallest absolute Gasteiger partial charge is 0.146 e. The highest BCUT2D eigenvalue weighted by Gasteiger charge is 2.16. The molecule has 1 aromatic rings. The summed E-state index contributed by atoms with van der Waals surface area (Å²) in [6, 6.07) is 3.68. The van der Waals surface area contributed by atoms with Crippen LogP contribution in [0.15, 0.2) is 12.1 Å². The van der Waals surface area contributed by atoms with Gasteiger partial charge in [-0.15, -0.1) is 0 Å². The molecule has 0 fully saturated rings. The largest absolute Gasteiger partial charge is 0.298 e. The molecule has 0 heterocycles. The number of Topliss-reactive ketones (excluding diaryl/α,β-unsaturated/α-hetero) is 1. The Morgan fingerprint density at radius 3 is 2.59 bits per heavy atom. The van der Waals surface area contributed by atoms with Gasteiger partial charge in [0, 0.05) is 16.5 Å². The quantitative estimate of drug-likeness (QED) is 0.693. The Morgan fingerprint density at radius 1 is 1.35 bits per heavy atom. The van der Waals surface area contributed by atoms with E-state index in [2.05, 4.69) is 15.9 Å². The number of benzene rings is 1. The van der Waals surface area contributed by atoms with Crippen LogP contribution < -0.4 is 0 Å². The topological polar surface area (TPSA) is 17.1 Å². The van der Waals surface area contributed by atoms with Crippen LogP contribution in [-0.2, 0) is 11.2 Å². The monoisotopic (exact) mass is 336 g/mol. The van der Waals surface area contributed by atoms with E-state index < -0.39 is 0 Å². The van der Waals surface area contributed by atoms with Crippen molar-refractivity contribution in [2.75, 3.05) is 0 Å². The number of aryl methyl sites for hydroxylation is 1. The molecule has 0 bridgehead atoms. The Kier molecular flexibility index (Phi) is 5.98. The summed E-state index contributed by atoms with van der Waals surface area (Å²) in [6.07, 6.45) is 2.04. The zero-order valence-electron chi connectivity index (χ0n) is 9.90. The highest BCUT2D eigenvalue weighted by atomic mass is 79.9. The molecule has 1 atom stereocenters. The van der Waals surface area contributed by atoms with Crippen LogP contribution >= 0.6 is 39.1 Å². The summed E-state index contributed by atoms with van der Waals surface area (Å²) in [4.78, 5) is 11.5. The van der Waals surface area contributed by atoms with E-state index in [1.807, 2.05) is 26.0 Å². The molecule has 0 amide bonds. The van der Waals surface area contributed by atoms with Crippen molar-refractivity contribution in [2.45, 2.75) is 37.9 Å². The minimum absolute atomic E-state index is 0.182. The van der Waals surface area contributed by atoms with Gasteiger partial charge >= 0.3 is 0 Å². The van der Waals surface area contributed by atoms with Gasteiger partial charge in [-0.1, -0.05) is 46.1 Å². The van der Waals surface area contributed by atoms with Crippen LogP contribution in [0.5, 0.6) is 0 Å². The van der Waals surface area contributed by atoms with Gasteiger partial charge in [0.15, 0.2) is 0 Å². The number of ketones is 1. The lowest BCUT2D eigenvalue weighted by Crippen LogP contribution is -2.16. The van der Waals surface area contributed by atoms with Crippen molar-refractivity contribution in [3.8, 4) is 0 Å². The van der Waals surface area contributed by atoms with Gasteiger partial charge in [0.05, 0.1) is 4.83 Å². The van der Waals surface area contributed by atoms with Gasteiger partial charge in [-0.05, 0) is 43.0 Å². The molecule has 0 aromatic heterocycles. The number of carbonyl (C=O) groups excluding carboxylic acids is 1. The molecular weight excluding hydrogens is 323 g/mol. The third-order valence-corrected chi connectivity index (χ3v) is 4.17. The van der Waals surface area contributed by atoms with Crippen molar-refractivity contribution in [1.29, 1.82) is 0 Å². The molecule has 0 saturated heterocycles. The maximum absolute atomic E-state index is 11.7. The standard InChI is InChI=1S/C13H15BrCl2O/c1-3-4-13(17)10(14)6-9-7-11(15)8(2)5-12(9)16/h5,7,10H,3-4,6H2,1-2H3. The van der Waals surface area contributed by atoms with E-state index in [1.165, 1.54) is 0 Å². The maximum atomic E-state index is 11.7. The van der Waals surface area contributed by atoms with Gasteiger partial charge in [-0.25, -0.2) is 0 Å². The van der Waals surface area contributed by atoms with Crippen molar-refractivity contribution < 1.29 is 4.79 Å². The van der Waals surface area contributed by atoms with Crippen LogP contribution in [0.1, 0.15) is 30.9 Å². The molecule has 0 aliphatic rings. The second kappa shape index (κ2) is 6.77. The summed E-state index contributed by atoms with van der Waals surface area (Å²) in [6.45, 7) is 3.90. The Morgan fingerprint density at radius 2 is 2.00 bits per heavy atom. The molecule has 0 saturated carbocycles. The van der Waals surface area contributed by atoms with E-state index in [-0.39, 0.29) is 10.6 Å². The van der Waals surface area contributed by atoms with E-state index >= 15 is 0 Å². The third kappa shape index (κ3) is 4.27. The summed E-state index contributed by atoms with van der Waals surface area (Å²) in [5.41, 5.74) is 1.86. The fraction of sp³-hybridized carbons (Fsp3) is 0.462. The summed E-state index contributed by atoms with van der Waals surface area (Å²) in [7, 11) is 0. The van der Waals surface area contributed by atoms with Crippen LogP contribution in [-0.4, -0.2) is 10.6 Å². The normalized spacial score (nSPS) is 12.5. The number of rotatable bonds is 5. The molecule has 0 spiro atoms. The first-order valence-electron chi connectivity index (χ1n) is 5.57. The Labute approximate surface area is 121 Å². The van der Waals surface area contributed by atoms with E-state index in [4.69, 9.17) is 23.2 Å². The van der Waals surface area contributed by atoms with Crippen molar-refractivity contribution in [3.63, 3.8) is 0 Å². The van der Waals surface area contributed by atoms with Gasteiger partial charge < -0.3 is 0 Å². The number of hydrogen-bond acceptors (Lipinski definition) is 1. The van der Waals surface area contributed by atoms with Crippen molar-refractivity contribution in [2.24, 2.45) is 0 Å². The second-order valence-corrected chi connectivity index (χ2v) is 6.00. The first-order valence-corrected chi connectivity index (χ1v) is 7.24. The number of hydrogen-bond donors (Lipinski definition) is 0. The molecule has 1 rings (SSSR count). The molecule has 1 nitrogen and oxygen atoms in total. The van der Waals surface area contributed by atoms with Crippen LogP contribution in [0.4, 0.5) is 0 Å². The predicted molar refractivity (Wildman–Crippen MR) is 77.5 cm³/mol. The molecule has 1 aromatic carbocycles. The molecule has 1 unspecified atom stereocenters. The molecule has 0 aliphatic heterocycles. The maximum Gasteiger partial charge on any atom is 0.146 e. The number of halogens is 3. The van der Waals surface area contributed by atoms with E-state index in [0.717, 1.165) is 17.5 Å². The molecule has 0 radical (unpaired) electrons.